The molecule has 1 heterocycles. The number of nitrogens with one attached hydrogen (secondary N) is 2. The summed E-state index contributed by atoms with van der Waals surface area (Å²) in [5, 5.41) is 5.80. The SMILES string of the molecule is C=C/C=C(\C=C)C1CC1C(=O)NCc1ccc(-c2cccc(C(=O)OC)c2)c2c1CN(C(=O)NC1CC(F)(F)C1)CC2. The number of urea groups is 1. The number of hydrogen-bond donors (Lipinski definition) is 2. The second-order valence-electron chi connectivity index (χ2n) is 11.2. The summed E-state index contributed by atoms with van der Waals surface area (Å²) in [6.45, 7) is 8.53. The minimum absolute atomic E-state index is 0.0447. The lowest BCUT2D eigenvalue weighted by atomic mass is 9.87. The lowest BCUT2D eigenvalue weighted by Gasteiger charge is -2.38. The molecule has 9 heteroatoms. The summed E-state index contributed by atoms with van der Waals surface area (Å²) in [7, 11) is 1.34. The Bertz CT molecular complexity index is 1460. The van der Waals surface area contributed by atoms with E-state index in [0.717, 1.165) is 39.8 Å². The number of ether oxygens (including phenoxy) is 1. The molecule has 220 valence electrons. The first kappa shape index (κ1) is 29.2. The molecule has 0 saturated heterocycles. The molecule has 0 radical (unpaired) electrons. The molecular weight excluding hydrogens is 540 g/mol. The van der Waals surface area contributed by atoms with Gasteiger partial charge in [0.25, 0.3) is 5.92 Å². The molecule has 0 spiro atoms. The Hall–Kier alpha value is -4.27. The van der Waals surface area contributed by atoms with Crippen molar-refractivity contribution in [2.45, 2.75) is 50.7 Å². The van der Waals surface area contributed by atoms with Crippen molar-refractivity contribution in [3.8, 4) is 11.1 Å². The number of allylic oxidation sites excluding steroid dienone is 4. The summed E-state index contributed by atoms with van der Waals surface area (Å²) in [6, 6.07) is 10.2. The average molecular weight is 576 g/mol. The van der Waals surface area contributed by atoms with Crippen molar-refractivity contribution in [1.82, 2.24) is 15.5 Å². The second-order valence-corrected chi connectivity index (χ2v) is 11.2. The molecule has 3 amide bonds. The first-order chi connectivity index (χ1) is 20.1. The van der Waals surface area contributed by atoms with E-state index in [2.05, 4.69) is 23.8 Å². The summed E-state index contributed by atoms with van der Waals surface area (Å²) in [4.78, 5) is 39.8. The fraction of sp³-hybridized carbons (Fsp3) is 0.364. The number of halogens is 2. The number of amides is 3. The number of hydrogen-bond acceptors (Lipinski definition) is 4. The molecule has 0 aromatic heterocycles. The predicted octanol–water partition coefficient (Wildman–Crippen LogP) is 5.56. The zero-order chi connectivity index (χ0) is 30.0. The van der Waals surface area contributed by atoms with Gasteiger partial charge in [-0.05, 0) is 64.3 Å². The number of carbonyl (C=O) groups excluding carboxylic acids is 3. The third-order valence-corrected chi connectivity index (χ3v) is 8.36. The molecule has 2 aromatic carbocycles. The molecule has 1 aliphatic heterocycles. The van der Waals surface area contributed by atoms with Crippen LogP contribution in [0.25, 0.3) is 11.1 Å². The van der Waals surface area contributed by atoms with Crippen molar-refractivity contribution < 1.29 is 27.9 Å². The largest absolute Gasteiger partial charge is 0.465 e. The Balaban J connectivity index is 1.38. The maximum Gasteiger partial charge on any atom is 0.337 e. The summed E-state index contributed by atoms with van der Waals surface area (Å²) < 4.78 is 31.6. The van der Waals surface area contributed by atoms with Crippen molar-refractivity contribution in [1.29, 1.82) is 0 Å². The van der Waals surface area contributed by atoms with Gasteiger partial charge in [-0.15, -0.1) is 0 Å². The van der Waals surface area contributed by atoms with Gasteiger partial charge >= 0.3 is 12.0 Å². The highest BCUT2D eigenvalue weighted by Gasteiger charge is 2.46. The fourth-order valence-electron chi connectivity index (χ4n) is 5.96. The number of carbonyl (C=O) groups is 3. The van der Waals surface area contributed by atoms with Crippen LogP contribution in [0.1, 0.15) is 46.3 Å². The van der Waals surface area contributed by atoms with Gasteiger partial charge in [-0.2, -0.15) is 0 Å². The van der Waals surface area contributed by atoms with Gasteiger partial charge in [0.15, 0.2) is 0 Å². The van der Waals surface area contributed by atoms with Crippen LogP contribution in [-0.4, -0.2) is 48.4 Å². The van der Waals surface area contributed by atoms with Crippen LogP contribution >= 0.6 is 0 Å². The Kier molecular flexibility index (Phi) is 8.29. The van der Waals surface area contributed by atoms with Crippen LogP contribution in [0, 0.1) is 11.8 Å². The molecule has 42 heavy (non-hydrogen) atoms. The van der Waals surface area contributed by atoms with Crippen LogP contribution in [0.5, 0.6) is 0 Å². The number of nitrogens with zero attached hydrogens (tertiary/aromatic N) is 1. The zero-order valence-corrected chi connectivity index (χ0v) is 23.6. The van der Waals surface area contributed by atoms with E-state index in [1.807, 2.05) is 24.3 Å². The summed E-state index contributed by atoms with van der Waals surface area (Å²) in [6.07, 6.45) is 5.91. The minimum Gasteiger partial charge on any atom is -0.465 e. The van der Waals surface area contributed by atoms with Gasteiger partial charge in [-0.1, -0.05) is 55.7 Å². The number of methoxy groups -OCH3 is 1. The highest BCUT2D eigenvalue weighted by Crippen LogP contribution is 2.45. The highest BCUT2D eigenvalue weighted by molar-refractivity contribution is 5.91. The Morgan fingerprint density at radius 2 is 1.90 bits per heavy atom. The molecule has 7 nitrogen and oxygen atoms in total. The third kappa shape index (κ3) is 6.15. The number of alkyl halides is 2. The van der Waals surface area contributed by atoms with Crippen molar-refractivity contribution >= 4 is 17.9 Å². The second kappa shape index (κ2) is 11.9. The van der Waals surface area contributed by atoms with Gasteiger partial charge in [0.1, 0.15) is 0 Å². The molecule has 5 rings (SSSR count). The summed E-state index contributed by atoms with van der Waals surface area (Å²) in [5.41, 5.74) is 5.99. The van der Waals surface area contributed by atoms with E-state index in [-0.39, 0.29) is 49.7 Å². The lowest BCUT2D eigenvalue weighted by Crippen LogP contribution is -2.54. The first-order valence-corrected chi connectivity index (χ1v) is 14.1. The molecule has 2 fully saturated rings. The molecule has 0 bridgehead atoms. The topological polar surface area (TPSA) is 87.7 Å². The van der Waals surface area contributed by atoms with Crippen molar-refractivity contribution in [3.05, 3.63) is 95.6 Å². The maximum atomic E-state index is 13.3. The van der Waals surface area contributed by atoms with E-state index in [4.69, 9.17) is 4.74 Å². The Morgan fingerprint density at radius 1 is 1.12 bits per heavy atom. The molecule has 2 aliphatic carbocycles. The standard InChI is InChI=1S/C33H35F2N3O4/c1-4-7-20(5-2)27-15-28(27)30(39)36-18-23-10-11-25(21-8-6-9-22(14-21)31(40)42-3)26-12-13-38(19-29(23)26)32(41)37-24-16-33(34,35)17-24/h4-11,14,24,27-28H,1-2,12-13,15-19H2,3H3,(H,36,39)(H,37,41)/b20-7+. The van der Waals surface area contributed by atoms with E-state index in [9.17, 15) is 23.2 Å². The molecule has 2 N–H and O–H groups in total. The van der Waals surface area contributed by atoms with Crippen molar-refractivity contribution in [3.63, 3.8) is 0 Å². The van der Waals surface area contributed by atoms with Crippen LogP contribution in [0.2, 0.25) is 0 Å². The van der Waals surface area contributed by atoms with E-state index >= 15 is 0 Å². The molecule has 2 saturated carbocycles. The lowest BCUT2D eigenvalue weighted by molar-refractivity contribution is -0.122. The number of fused-ring (bicyclic) bond motifs is 1. The number of esters is 1. The molecule has 2 atom stereocenters. The maximum absolute atomic E-state index is 13.3. The van der Waals surface area contributed by atoms with Crippen LogP contribution in [-0.2, 0) is 29.0 Å². The first-order valence-electron chi connectivity index (χ1n) is 14.1. The third-order valence-electron chi connectivity index (χ3n) is 8.36. The zero-order valence-electron chi connectivity index (χ0n) is 23.6. The van der Waals surface area contributed by atoms with Gasteiger partial charge in [0.05, 0.1) is 12.7 Å². The average Bonchev–Trinajstić information content (AvgIpc) is 3.77. The molecule has 3 aliphatic rings. The van der Waals surface area contributed by atoms with Crippen LogP contribution in [0.15, 0.2) is 73.4 Å². The van der Waals surface area contributed by atoms with E-state index < -0.39 is 17.9 Å². The van der Waals surface area contributed by atoms with Gasteiger partial charge in [-0.3, -0.25) is 4.79 Å². The van der Waals surface area contributed by atoms with Gasteiger partial charge in [0, 0.05) is 44.4 Å². The van der Waals surface area contributed by atoms with Crippen LogP contribution < -0.4 is 10.6 Å². The number of benzene rings is 2. The smallest absolute Gasteiger partial charge is 0.337 e. The van der Waals surface area contributed by atoms with E-state index in [0.29, 0.717) is 18.5 Å². The number of rotatable bonds is 9. The summed E-state index contributed by atoms with van der Waals surface area (Å²) >= 11 is 0. The predicted molar refractivity (Wildman–Crippen MR) is 156 cm³/mol. The van der Waals surface area contributed by atoms with E-state index in [1.54, 1.807) is 35.3 Å². The van der Waals surface area contributed by atoms with Gasteiger partial charge < -0.3 is 20.3 Å². The van der Waals surface area contributed by atoms with Crippen LogP contribution in [0.4, 0.5) is 13.6 Å². The van der Waals surface area contributed by atoms with Gasteiger partial charge in [-0.25, -0.2) is 18.4 Å². The van der Waals surface area contributed by atoms with E-state index in [1.165, 1.54) is 7.11 Å². The monoisotopic (exact) mass is 575 g/mol. The Labute approximate surface area is 244 Å². The van der Waals surface area contributed by atoms with Crippen molar-refractivity contribution in [2.75, 3.05) is 13.7 Å². The van der Waals surface area contributed by atoms with Crippen LogP contribution in [0.3, 0.4) is 0 Å². The molecule has 2 unspecified atom stereocenters. The van der Waals surface area contributed by atoms with Crippen molar-refractivity contribution in [2.24, 2.45) is 11.8 Å². The Morgan fingerprint density at radius 3 is 2.60 bits per heavy atom. The fourth-order valence-corrected chi connectivity index (χ4v) is 5.96. The quantitative estimate of drug-likeness (QED) is 0.303. The van der Waals surface area contributed by atoms with Gasteiger partial charge in [0.2, 0.25) is 5.91 Å². The minimum atomic E-state index is -2.72. The highest BCUT2D eigenvalue weighted by atomic mass is 19.3. The molecular formula is C33H35F2N3O4. The molecule has 2 aromatic rings. The normalized spacial score (nSPS) is 20.9. The summed E-state index contributed by atoms with van der Waals surface area (Å²) in [5.74, 6) is -3.21.